The number of aromatic nitrogens is 1. The van der Waals surface area contributed by atoms with Gasteiger partial charge in [-0.15, -0.1) is 0 Å². The lowest BCUT2D eigenvalue weighted by Gasteiger charge is -1.96. The van der Waals surface area contributed by atoms with Gasteiger partial charge < -0.3 is 5.73 Å². The number of amides is 1. The molecule has 0 aromatic carbocycles. The predicted molar refractivity (Wildman–Crippen MR) is 49.2 cm³/mol. The third kappa shape index (κ3) is 3.11. The molecule has 12 heavy (non-hydrogen) atoms. The number of primary amides is 1. The smallest absolute Gasteiger partial charge is 0.227 e. The third-order valence-corrected chi connectivity index (χ3v) is 2.25. The average Bonchev–Trinajstić information content (AvgIpc) is 2.03. The Morgan fingerprint density at radius 1 is 1.67 bits per heavy atom. The Morgan fingerprint density at radius 3 is 2.92 bits per heavy atom. The van der Waals surface area contributed by atoms with Crippen molar-refractivity contribution in [2.45, 2.75) is 5.03 Å². The number of halogens is 1. The van der Waals surface area contributed by atoms with Crippen molar-refractivity contribution in [3.05, 3.63) is 23.4 Å². The van der Waals surface area contributed by atoms with Crippen LogP contribution in [-0.4, -0.2) is 16.6 Å². The van der Waals surface area contributed by atoms with Crippen LogP contribution in [0.4, 0.5) is 0 Å². The molecule has 0 aliphatic carbocycles. The first-order chi connectivity index (χ1) is 5.68. The van der Waals surface area contributed by atoms with E-state index in [9.17, 15) is 4.79 Å². The highest BCUT2D eigenvalue weighted by Crippen LogP contribution is 2.16. The number of pyridine rings is 1. The van der Waals surface area contributed by atoms with Crippen LogP contribution in [0.2, 0.25) is 5.02 Å². The fraction of sp³-hybridized carbons (Fsp3) is 0.143. The topological polar surface area (TPSA) is 56.0 Å². The van der Waals surface area contributed by atoms with Crippen molar-refractivity contribution >= 4 is 29.3 Å². The molecule has 1 rings (SSSR count). The molecule has 64 valence electrons. The van der Waals surface area contributed by atoms with Crippen LogP contribution in [0.25, 0.3) is 0 Å². The molecule has 2 N–H and O–H groups in total. The summed E-state index contributed by atoms with van der Waals surface area (Å²) in [5.74, 6) is -0.106. The summed E-state index contributed by atoms with van der Waals surface area (Å²) in [6.07, 6.45) is 1.53. The number of hydrogen-bond donors (Lipinski definition) is 1. The molecule has 3 nitrogen and oxygen atoms in total. The molecule has 0 atom stereocenters. The van der Waals surface area contributed by atoms with Crippen LogP contribution in [0.5, 0.6) is 0 Å². The monoisotopic (exact) mass is 202 g/mol. The molecule has 0 aliphatic heterocycles. The summed E-state index contributed by atoms with van der Waals surface area (Å²) in [6.45, 7) is 0. The van der Waals surface area contributed by atoms with E-state index in [4.69, 9.17) is 17.3 Å². The Morgan fingerprint density at radius 2 is 2.42 bits per heavy atom. The lowest BCUT2D eigenvalue weighted by molar-refractivity contribution is -0.115. The fourth-order valence-corrected chi connectivity index (χ4v) is 1.29. The first kappa shape index (κ1) is 9.35. The molecule has 0 unspecified atom stereocenters. The zero-order chi connectivity index (χ0) is 8.97. The quantitative estimate of drug-likeness (QED) is 0.752. The number of carbonyl (C=O) groups is 1. The van der Waals surface area contributed by atoms with Gasteiger partial charge in [0, 0.05) is 6.20 Å². The SMILES string of the molecule is NC(=O)CSc1ccc(Cl)cn1. The molecule has 0 saturated carbocycles. The molecule has 0 bridgehead atoms. The Kier molecular flexibility index (Phi) is 3.37. The van der Waals surface area contributed by atoms with Gasteiger partial charge in [0.2, 0.25) is 5.91 Å². The molecule has 0 radical (unpaired) electrons. The van der Waals surface area contributed by atoms with Gasteiger partial charge in [-0.3, -0.25) is 4.79 Å². The third-order valence-electron chi connectivity index (χ3n) is 1.06. The molecular formula is C7H7ClN2OS. The van der Waals surface area contributed by atoms with Gasteiger partial charge in [-0.25, -0.2) is 4.98 Å². The summed E-state index contributed by atoms with van der Waals surface area (Å²) in [5, 5.41) is 1.33. The van der Waals surface area contributed by atoms with E-state index < -0.39 is 0 Å². The molecule has 1 aromatic rings. The summed E-state index contributed by atoms with van der Waals surface area (Å²) in [4.78, 5) is 14.4. The summed E-state index contributed by atoms with van der Waals surface area (Å²) in [7, 11) is 0. The maximum atomic E-state index is 10.4. The van der Waals surface area contributed by atoms with Crippen molar-refractivity contribution in [2.75, 3.05) is 5.75 Å². The van der Waals surface area contributed by atoms with Crippen LogP contribution in [0.3, 0.4) is 0 Å². The average molecular weight is 203 g/mol. The fourth-order valence-electron chi connectivity index (χ4n) is 0.593. The van der Waals surface area contributed by atoms with Gasteiger partial charge in [-0.05, 0) is 12.1 Å². The maximum Gasteiger partial charge on any atom is 0.227 e. The van der Waals surface area contributed by atoms with Crippen molar-refractivity contribution < 1.29 is 4.79 Å². The second kappa shape index (κ2) is 4.33. The van der Waals surface area contributed by atoms with Crippen molar-refractivity contribution in [1.29, 1.82) is 0 Å². The first-order valence-electron chi connectivity index (χ1n) is 3.21. The highest BCUT2D eigenvalue weighted by atomic mass is 35.5. The molecule has 1 amide bonds. The highest BCUT2D eigenvalue weighted by molar-refractivity contribution is 7.99. The summed E-state index contributed by atoms with van der Waals surface area (Å²) < 4.78 is 0. The standard InChI is InChI=1S/C7H7ClN2OS/c8-5-1-2-7(10-3-5)12-4-6(9)11/h1-3H,4H2,(H2,9,11). The number of nitrogens with zero attached hydrogens (tertiary/aromatic N) is 1. The van der Waals surface area contributed by atoms with Gasteiger partial charge in [0.25, 0.3) is 0 Å². The van der Waals surface area contributed by atoms with Gasteiger partial charge in [0.05, 0.1) is 15.8 Å². The van der Waals surface area contributed by atoms with Crippen LogP contribution >= 0.6 is 23.4 Å². The number of carbonyl (C=O) groups excluding carboxylic acids is 1. The molecule has 0 aliphatic rings. The lowest BCUT2D eigenvalue weighted by atomic mass is 10.5. The molecular weight excluding hydrogens is 196 g/mol. The second-order valence-electron chi connectivity index (χ2n) is 2.07. The zero-order valence-corrected chi connectivity index (χ0v) is 7.73. The number of thioether (sulfide) groups is 1. The van der Waals surface area contributed by atoms with Crippen LogP contribution < -0.4 is 5.73 Å². The van der Waals surface area contributed by atoms with Gasteiger partial charge in [-0.2, -0.15) is 0 Å². The zero-order valence-electron chi connectivity index (χ0n) is 6.16. The molecule has 0 saturated heterocycles. The summed E-state index contributed by atoms with van der Waals surface area (Å²) in [5.41, 5.74) is 4.96. The van der Waals surface area contributed by atoms with Gasteiger partial charge in [-0.1, -0.05) is 23.4 Å². The van der Waals surface area contributed by atoms with Crippen molar-refractivity contribution in [3.63, 3.8) is 0 Å². The van der Waals surface area contributed by atoms with E-state index in [1.165, 1.54) is 18.0 Å². The van der Waals surface area contributed by atoms with Crippen molar-refractivity contribution in [1.82, 2.24) is 4.98 Å². The minimum absolute atomic E-state index is 0.245. The largest absolute Gasteiger partial charge is 0.369 e. The Hall–Kier alpha value is -0.740. The number of nitrogens with two attached hydrogens (primary N) is 1. The van der Waals surface area contributed by atoms with E-state index in [1.807, 2.05) is 0 Å². The normalized spacial score (nSPS) is 9.75. The van der Waals surface area contributed by atoms with Gasteiger partial charge >= 0.3 is 0 Å². The van der Waals surface area contributed by atoms with Crippen LogP contribution in [0.1, 0.15) is 0 Å². The van der Waals surface area contributed by atoms with E-state index in [0.717, 1.165) is 5.03 Å². The van der Waals surface area contributed by atoms with E-state index in [0.29, 0.717) is 5.02 Å². The summed E-state index contributed by atoms with van der Waals surface area (Å²) in [6, 6.07) is 3.47. The summed E-state index contributed by atoms with van der Waals surface area (Å²) >= 11 is 6.90. The molecule has 0 fully saturated rings. The van der Waals surface area contributed by atoms with Crippen LogP contribution in [0, 0.1) is 0 Å². The Bertz CT molecular complexity index is 275. The Balaban J connectivity index is 2.53. The maximum absolute atomic E-state index is 10.4. The molecule has 5 heteroatoms. The Labute approximate surface area is 79.3 Å². The van der Waals surface area contributed by atoms with Gasteiger partial charge in [0.15, 0.2) is 0 Å². The van der Waals surface area contributed by atoms with E-state index in [2.05, 4.69) is 4.98 Å². The van der Waals surface area contributed by atoms with Gasteiger partial charge in [0.1, 0.15) is 0 Å². The van der Waals surface area contributed by atoms with Crippen LogP contribution in [0.15, 0.2) is 23.4 Å². The predicted octanol–water partition coefficient (Wildman–Crippen LogP) is 1.31. The van der Waals surface area contributed by atoms with E-state index in [1.54, 1.807) is 12.1 Å². The lowest BCUT2D eigenvalue weighted by Crippen LogP contribution is -2.13. The molecule has 1 aromatic heterocycles. The minimum Gasteiger partial charge on any atom is -0.369 e. The van der Waals surface area contributed by atoms with E-state index in [-0.39, 0.29) is 11.7 Å². The van der Waals surface area contributed by atoms with Crippen molar-refractivity contribution in [3.8, 4) is 0 Å². The molecule has 0 spiro atoms. The first-order valence-corrected chi connectivity index (χ1v) is 4.57. The van der Waals surface area contributed by atoms with E-state index >= 15 is 0 Å². The number of rotatable bonds is 3. The molecule has 1 heterocycles. The second-order valence-corrected chi connectivity index (χ2v) is 3.50. The number of hydrogen-bond acceptors (Lipinski definition) is 3. The van der Waals surface area contributed by atoms with Crippen molar-refractivity contribution in [2.24, 2.45) is 5.73 Å². The minimum atomic E-state index is -0.350. The highest BCUT2D eigenvalue weighted by Gasteiger charge is 1.98. The van der Waals surface area contributed by atoms with Crippen LogP contribution in [-0.2, 0) is 4.79 Å².